The molecule has 1 aliphatic rings. The molecule has 37 heavy (non-hydrogen) atoms. The Balaban J connectivity index is 1.61. The van der Waals surface area contributed by atoms with E-state index in [-0.39, 0.29) is 17.2 Å². The standard InChI is InChI=1S/C27H25N7O3/c1-16(2)19-9-11-21(12-10-19)25(35)23-24(20-7-5-18(6-8-20)14-33-15-28-31-32-33)34(27(37)26(23)36)22-13-4-17(3)29-30-22/h4-13,15-16,24,35H,14H2,1-3H3/b25-23-. The number of benzene rings is 2. The van der Waals surface area contributed by atoms with E-state index in [1.165, 1.54) is 11.2 Å². The van der Waals surface area contributed by atoms with Gasteiger partial charge in [-0.3, -0.25) is 14.5 Å². The Hall–Kier alpha value is -4.73. The highest BCUT2D eigenvalue weighted by Gasteiger charge is 2.47. The molecule has 10 nitrogen and oxygen atoms in total. The lowest BCUT2D eigenvalue weighted by Gasteiger charge is -2.24. The molecule has 1 aliphatic heterocycles. The molecule has 0 spiro atoms. The molecular weight excluding hydrogens is 470 g/mol. The number of carbonyl (C=O) groups excluding carboxylic acids is 2. The summed E-state index contributed by atoms with van der Waals surface area (Å²) in [5, 5.41) is 30.7. The van der Waals surface area contributed by atoms with E-state index in [1.54, 1.807) is 35.9 Å². The van der Waals surface area contributed by atoms with Gasteiger partial charge in [0.2, 0.25) is 0 Å². The van der Waals surface area contributed by atoms with E-state index in [1.807, 2.05) is 36.4 Å². The van der Waals surface area contributed by atoms with Gasteiger partial charge in [0.25, 0.3) is 5.78 Å². The number of aliphatic hydroxyl groups is 1. The van der Waals surface area contributed by atoms with Gasteiger partial charge in [-0.05, 0) is 52.1 Å². The number of ketones is 1. The molecule has 1 atom stereocenters. The molecule has 4 aromatic rings. The van der Waals surface area contributed by atoms with Gasteiger partial charge >= 0.3 is 5.91 Å². The van der Waals surface area contributed by atoms with Gasteiger partial charge in [0.1, 0.15) is 12.1 Å². The van der Waals surface area contributed by atoms with Crippen molar-refractivity contribution in [2.75, 3.05) is 4.90 Å². The fraction of sp³-hybridized carbons (Fsp3) is 0.222. The van der Waals surface area contributed by atoms with E-state index in [9.17, 15) is 14.7 Å². The van der Waals surface area contributed by atoms with Gasteiger partial charge in [-0.25, -0.2) is 4.68 Å². The number of Topliss-reactive ketones (excluding diaryl/α,β-unsaturated/α-hetero) is 1. The van der Waals surface area contributed by atoms with Crippen LogP contribution in [0.5, 0.6) is 0 Å². The predicted molar refractivity (Wildman–Crippen MR) is 135 cm³/mol. The van der Waals surface area contributed by atoms with Gasteiger partial charge in [-0.2, -0.15) is 5.10 Å². The summed E-state index contributed by atoms with van der Waals surface area (Å²) in [5.74, 6) is -1.26. The summed E-state index contributed by atoms with van der Waals surface area (Å²) in [7, 11) is 0. The maximum atomic E-state index is 13.3. The third kappa shape index (κ3) is 4.61. The highest BCUT2D eigenvalue weighted by atomic mass is 16.3. The molecule has 1 N–H and O–H groups in total. The minimum atomic E-state index is -0.885. The SMILES string of the molecule is Cc1ccc(N2C(=O)C(=O)/C(=C(\O)c3ccc(C(C)C)cc3)C2c2ccc(Cn3cnnn3)cc2)nn1. The Kier molecular flexibility index (Phi) is 6.31. The van der Waals surface area contributed by atoms with Crippen LogP contribution in [0.1, 0.15) is 53.8 Å². The van der Waals surface area contributed by atoms with Crippen LogP contribution in [0.15, 0.2) is 72.6 Å². The van der Waals surface area contributed by atoms with E-state index in [0.29, 0.717) is 29.3 Å². The van der Waals surface area contributed by atoms with E-state index in [4.69, 9.17) is 0 Å². The van der Waals surface area contributed by atoms with Crippen molar-refractivity contribution >= 4 is 23.3 Å². The molecule has 0 aliphatic carbocycles. The van der Waals surface area contributed by atoms with Gasteiger partial charge in [0.05, 0.1) is 23.9 Å². The highest BCUT2D eigenvalue weighted by Crippen LogP contribution is 2.41. The van der Waals surface area contributed by atoms with Crippen molar-refractivity contribution < 1.29 is 14.7 Å². The predicted octanol–water partition coefficient (Wildman–Crippen LogP) is 3.57. The van der Waals surface area contributed by atoms with Crippen molar-refractivity contribution in [2.45, 2.75) is 39.3 Å². The zero-order chi connectivity index (χ0) is 26.1. The zero-order valence-corrected chi connectivity index (χ0v) is 20.6. The van der Waals surface area contributed by atoms with Crippen LogP contribution >= 0.6 is 0 Å². The lowest BCUT2D eigenvalue weighted by atomic mass is 9.93. The minimum absolute atomic E-state index is 0.00195. The number of amides is 1. The third-order valence-corrected chi connectivity index (χ3v) is 6.36. The zero-order valence-electron chi connectivity index (χ0n) is 20.6. The number of aliphatic hydroxyl groups excluding tert-OH is 1. The topological polar surface area (TPSA) is 127 Å². The number of carbonyl (C=O) groups is 2. The molecule has 1 unspecified atom stereocenters. The largest absolute Gasteiger partial charge is 0.507 e. The van der Waals surface area contributed by atoms with Crippen LogP contribution in [0.3, 0.4) is 0 Å². The van der Waals surface area contributed by atoms with E-state index >= 15 is 0 Å². The molecular formula is C27H25N7O3. The first-order chi connectivity index (χ1) is 17.8. The second-order valence-corrected chi connectivity index (χ2v) is 9.23. The van der Waals surface area contributed by atoms with Crippen molar-refractivity contribution in [1.29, 1.82) is 0 Å². The second kappa shape index (κ2) is 9.73. The fourth-order valence-corrected chi connectivity index (χ4v) is 4.33. The van der Waals surface area contributed by atoms with Crippen LogP contribution in [-0.4, -0.2) is 47.2 Å². The number of tetrazole rings is 1. The van der Waals surface area contributed by atoms with E-state index < -0.39 is 17.7 Å². The first-order valence-corrected chi connectivity index (χ1v) is 11.8. The van der Waals surface area contributed by atoms with Crippen LogP contribution < -0.4 is 4.90 Å². The van der Waals surface area contributed by atoms with Crippen LogP contribution in [0, 0.1) is 6.92 Å². The normalized spacial score (nSPS) is 17.1. The van der Waals surface area contributed by atoms with Crippen molar-refractivity contribution in [3.8, 4) is 0 Å². The monoisotopic (exact) mass is 495 g/mol. The molecule has 0 bridgehead atoms. The molecule has 0 radical (unpaired) electrons. The average Bonchev–Trinajstić information content (AvgIpc) is 3.51. The maximum absolute atomic E-state index is 13.3. The Morgan fingerprint density at radius 1 is 0.973 bits per heavy atom. The molecule has 5 rings (SSSR count). The summed E-state index contributed by atoms with van der Waals surface area (Å²) in [4.78, 5) is 27.9. The van der Waals surface area contributed by atoms with Gasteiger partial charge in [0, 0.05) is 5.56 Å². The number of aromatic nitrogens is 6. The van der Waals surface area contributed by atoms with E-state index in [2.05, 4.69) is 39.6 Å². The van der Waals surface area contributed by atoms with Crippen LogP contribution in [0.2, 0.25) is 0 Å². The summed E-state index contributed by atoms with van der Waals surface area (Å²) >= 11 is 0. The highest BCUT2D eigenvalue weighted by molar-refractivity contribution is 6.51. The third-order valence-electron chi connectivity index (χ3n) is 6.36. The summed E-state index contributed by atoms with van der Waals surface area (Å²) < 4.78 is 1.59. The lowest BCUT2D eigenvalue weighted by Crippen LogP contribution is -2.30. The van der Waals surface area contributed by atoms with Crippen LogP contribution in [-0.2, 0) is 16.1 Å². The first kappa shape index (κ1) is 24.0. The molecule has 1 fully saturated rings. The van der Waals surface area contributed by atoms with Crippen molar-refractivity contribution in [3.63, 3.8) is 0 Å². The average molecular weight is 496 g/mol. The minimum Gasteiger partial charge on any atom is -0.507 e. The summed E-state index contributed by atoms with van der Waals surface area (Å²) in [5.41, 5.74) is 3.79. The molecule has 10 heteroatoms. The smallest absolute Gasteiger partial charge is 0.301 e. The Bertz CT molecular complexity index is 1460. The lowest BCUT2D eigenvalue weighted by molar-refractivity contribution is -0.132. The van der Waals surface area contributed by atoms with Gasteiger partial charge in [-0.1, -0.05) is 62.4 Å². The van der Waals surface area contributed by atoms with Crippen molar-refractivity contribution in [3.05, 3.63) is 101 Å². The number of anilines is 1. The van der Waals surface area contributed by atoms with Crippen LogP contribution in [0.4, 0.5) is 5.82 Å². The maximum Gasteiger partial charge on any atom is 0.301 e. The molecule has 1 saturated heterocycles. The Morgan fingerprint density at radius 3 is 2.30 bits per heavy atom. The Morgan fingerprint density at radius 2 is 1.70 bits per heavy atom. The summed E-state index contributed by atoms with van der Waals surface area (Å²) in [6, 6.07) is 17.2. The van der Waals surface area contributed by atoms with Crippen molar-refractivity contribution in [2.24, 2.45) is 0 Å². The van der Waals surface area contributed by atoms with Gasteiger partial charge in [0.15, 0.2) is 5.82 Å². The van der Waals surface area contributed by atoms with E-state index in [0.717, 1.165) is 11.1 Å². The molecule has 0 saturated carbocycles. The number of rotatable bonds is 6. The summed E-state index contributed by atoms with van der Waals surface area (Å²) in [6.45, 7) is 6.39. The molecule has 186 valence electrons. The Labute approximate surface area is 213 Å². The number of nitrogens with zero attached hydrogens (tertiary/aromatic N) is 7. The molecule has 2 aromatic carbocycles. The van der Waals surface area contributed by atoms with Gasteiger partial charge < -0.3 is 5.11 Å². The number of hydrogen-bond donors (Lipinski definition) is 1. The second-order valence-electron chi connectivity index (χ2n) is 9.23. The molecule has 2 aromatic heterocycles. The quantitative estimate of drug-likeness (QED) is 0.244. The number of hydrogen-bond acceptors (Lipinski definition) is 8. The van der Waals surface area contributed by atoms with Crippen LogP contribution in [0.25, 0.3) is 5.76 Å². The van der Waals surface area contributed by atoms with Crippen molar-refractivity contribution in [1.82, 2.24) is 30.4 Å². The number of aryl methyl sites for hydroxylation is 1. The fourth-order valence-electron chi connectivity index (χ4n) is 4.33. The first-order valence-electron chi connectivity index (χ1n) is 11.8. The van der Waals surface area contributed by atoms with Gasteiger partial charge in [-0.15, -0.1) is 10.2 Å². The molecule has 3 heterocycles. The summed E-state index contributed by atoms with van der Waals surface area (Å²) in [6.07, 6.45) is 1.52. The molecule has 1 amide bonds.